The second-order valence-corrected chi connectivity index (χ2v) is 9.55. The first-order valence-corrected chi connectivity index (χ1v) is 11.7. The lowest BCUT2D eigenvalue weighted by Gasteiger charge is -2.31. The van der Waals surface area contributed by atoms with Crippen LogP contribution in [0.5, 0.6) is 0 Å². The van der Waals surface area contributed by atoms with E-state index in [4.69, 9.17) is 16.6 Å². The molecule has 0 radical (unpaired) electrons. The second kappa shape index (κ2) is 8.84. The van der Waals surface area contributed by atoms with Gasteiger partial charge < -0.3 is 10.2 Å². The van der Waals surface area contributed by atoms with Gasteiger partial charge in [0, 0.05) is 34.5 Å². The molecule has 1 fully saturated rings. The van der Waals surface area contributed by atoms with Crippen molar-refractivity contribution >= 4 is 40.3 Å². The Labute approximate surface area is 194 Å². The van der Waals surface area contributed by atoms with Gasteiger partial charge in [-0.15, -0.1) is 26.6 Å². The van der Waals surface area contributed by atoms with Crippen LogP contribution in [-0.2, 0) is 11.3 Å². The third-order valence-electron chi connectivity index (χ3n) is 5.71. The maximum atomic E-state index is 12.8. The zero-order valence-corrected chi connectivity index (χ0v) is 19.1. The second-order valence-electron chi connectivity index (χ2n) is 7.82. The van der Waals surface area contributed by atoms with E-state index in [2.05, 4.69) is 25.5 Å². The van der Waals surface area contributed by atoms with E-state index in [9.17, 15) is 4.79 Å². The summed E-state index contributed by atoms with van der Waals surface area (Å²) in [6.45, 7) is 4.07. The van der Waals surface area contributed by atoms with Gasteiger partial charge in [0.2, 0.25) is 5.91 Å². The number of hydrogen-bond acceptors (Lipinski definition) is 7. The molecule has 10 heteroatoms. The zero-order valence-electron chi connectivity index (χ0n) is 17.5. The molecule has 0 atom stereocenters. The molecule has 0 saturated carbocycles. The largest absolute Gasteiger partial charge is 0.355 e. The summed E-state index contributed by atoms with van der Waals surface area (Å²) in [7, 11) is 0. The van der Waals surface area contributed by atoms with Crippen molar-refractivity contribution in [3.8, 4) is 11.3 Å². The number of piperidine rings is 1. The highest BCUT2D eigenvalue weighted by molar-refractivity contribution is 7.12. The van der Waals surface area contributed by atoms with Crippen molar-refractivity contribution in [1.29, 1.82) is 0 Å². The summed E-state index contributed by atoms with van der Waals surface area (Å²) in [5.74, 6) is 0.971. The van der Waals surface area contributed by atoms with Gasteiger partial charge in [0.1, 0.15) is 17.2 Å². The minimum atomic E-state index is 0.00156. The lowest BCUT2D eigenvalue weighted by atomic mass is 9.96. The third-order valence-corrected chi connectivity index (χ3v) is 6.93. The van der Waals surface area contributed by atoms with Gasteiger partial charge in [0.25, 0.3) is 0 Å². The summed E-state index contributed by atoms with van der Waals surface area (Å²) >= 11 is 7.60. The van der Waals surface area contributed by atoms with Crippen LogP contribution in [-0.4, -0.2) is 43.8 Å². The van der Waals surface area contributed by atoms with Crippen molar-refractivity contribution in [1.82, 2.24) is 30.1 Å². The SMILES string of the molecule is Cc1sc(CNC(=O)C2CCN(c3ccc4nncn4n3)CC2)nc1-c1ccc(Cl)cc1. The van der Waals surface area contributed by atoms with E-state index in [-0.39, 0.29) is 11.8 Å². The van der Waals surface area contributed by atoms with E-state index in [1.165, 1.54) is 0 Å². The molecule has 4 heterocycles. The monoisotopic (exact) mass is 467 g/mol. The molecule has 4 aromatic rings. The van der Waals surface area contributed by atoms with E-state index in [1.54, 1.807) is 22.2 Å². The normalized spacial score (nSPS) is 14.8. The highest BCUT2D eigenvalue weighted by atomic mass is 35.5. The molecule has 8 nitrogen and oxygen atoms in total. The number of halogens is 1. The number of rotatable bonds is 5. The molecule has 1 aliphatic rings. The van der Waals surface area contributed by atoms with Crippen molar-refractivity contribution in [2.45, 2.75) is 26.3 Å². The van der Waals surface area contributed by atoms with Crippen molar-refractivity contribution < 1.29 is 4.79 Å². The molecule has 0 aliphatic carbocycles. The van der Waals surface area contributed by atoms with Gasteiger partial charge in [0.15, 0.2) is 5.65 Å². The first kappa shape index (κ1) is 20.8. The molecule has 1 N–H and O–H groups in total. The molecule has 1 amide bonds. The van der Waals surface area contributed by atoms with E-state index in [0.717, 1.165) is 58.5 Å². The van der Waals surface area contributed by atoms with Gasteiger partial charge in [-0.1, -0.05) is 23.7 Å². The Morgan fingerprint density at radius 2 is 1.97 bits per heavy atom. The van der Waals surface area contributed by atoms with E-state index in [1.807, 2.05) is 43.3 Å². The maximum absolute atomic E-state index is 12.8. The van der Waals surface area contributed by atoms with Crippen molar-refractivity contribution in [3.63, 3.8) is 0 Å². The summed E-state index contributed by atoms with van der Waals surface area (Å²) in [5, 5.41) is 17.1. The number of carbonyl (C=O) groups excluding carboxylic acids is 1. The highest BCUT2D eigenvalue weighted by Crippen LogP contribution is 2.29. The van der Waals surface area contributed by atoms with E-state index >= 15 is 0 Å². The van der Waals surface area contributed by atoms with Gasteiger partial charge in [-0.3, -0.25) is 4.79 Å². The highest BCUT2D eigenvalue weighted by Gasteiger charge is 2.26. The number of nitrogens with one attached hydrogen (secondary N) is 1. The third kappa shape index (κ3) is 4.31. The van der Waals surface area contributed by atoms with Gasteiger partial charge in [-0.05, 0) is 44.0 Å². The molecule has 1 aliphatic heterocycles. The van der Waals surface area contributed by atoms with Crippen molar-refractivity contribution in [3.05, 3.63) is 57.6 Å². The first-order valence-electron chi connectivity index (χ1n) is 10.5. The van der Waals surface area contributed by atoms with E-state index < -0.39 is 0 Å². The number of aryl methyl sites for hydroxylation is 1. The standard InChI is InChI=1S/C22H22ClN7OS/c1-14-21(15-2-4-17(23)5-3-15)26-20(32-14)12-24-22(31)16-8-10-29(11-9-16)19-7-6-18-27-25-13-30(18)28-19/h2-7,13,16H,8-12H2,1H3,(H,24,31). The summed E-state index contributed by atoms with van der Waals surface area (Å²) in [4.78, 5) is 20.8. The Morgan fingerprint density at radius 3 is 2.75 bits per heavy atom. The average molecular weight is 468 g/mol. The predicted octanol–water partition coefficient (Wildman–Crippen LogP) is 3.74. The van der Waals surface area contributed by atoms with Gasteiger partial charge in [0.05, 0.1) is 12.2 Å². The number of aromatic nitrogens is 5. The topological polar surface area (TPSA) is 88.3 Å². The molecule has 1 aromatic carbocycles. The Kier molecular flexibility index (Phi) is 5.75. The lowest BCUT2D eigenvalue weighted by Crippen LogP contribution is -2.40. The van der Waals surface area contributed by atoms with Crippen LogP contribution in [0.4, 0.5) is 5.82 Å². The summed E-state index contributed by atoms with van der Waals surface area (Å²) < 4.78 is 1.67. The van der Waals surface area contributed by atoms with Crippen LogP contribution in [0, 0.1) is 12.8 Å². The average Bonchev–Trinajstić information content (AvgIpc) is 3.44. The number of amides is 1. The molecule has 0 unspecified atom stereocenters. The fraction of sp³-hybridized carbons (Fsp3) is 0.318. The quantitative estimate of drug-likeness (QED) is 0.481. The van der Waals surface area contributed by atoms with Crippen molar-refractivity contribution in [2.75, 3.05) is 18.0 Å². The number of anilines is 1. The Bertz CT molecular complexity index is 1240. The summed E-state index contributed by atoms with van der Waals surface area (Å²) in [5.41, 5.74) is 2.70. The zero-order chi connectivity index (χ0) is 22.1. The van der Waals surface area contributed by atoms with Crippen LogP contribution >= 0.6 is 22.9 Å². The molecule has 1 saturated heterocycles. The van der Waals surface area contributed by atoms with Crippen LogP contribution < -0.4 is 10.2 Å². The van der Waals surface area contributed by atoms with Crippen LogP contribution in [0.2, 0.25) is 5.02 Å². The lowest BCUT2D eigenvalue weighted by molar-refractivity contribution is -0.125. The first-order chi connectivity index (χ1) is 15.6. The van der Waals surface area contributed by atoms with Crippen LogP contribution in [0.1, 0.15) is 22.7 Å². The molecule has 164 valence electrons. The van der Waals surface area contributed by atoms with Gasteiger partial charge >= 0.3 is 0 Å². The molecule has 5 rings (SSSR count). The number of fused-ring (bicyclic) bond motifs is 1. The predicted molar refractivity (Wildman–Crippen MR) is 125 cm³/mol. The Balaban J connectivity index is 1.16. The van der Waals surface area contributed by atoms with Gasteiger partial charge in [-0.25, -0.2) is 4.98 Å². The Morgan fingerprint density at radius 1 is 1.19 bits per heavy atom. The number of thiazole rings is 1. The smallest absolute Gasteiger partial charge is 0.223 e. The molecular weight excluding hydrogens is 446 g/mol. The summed E-state index contributed by atoms with van der Waals surface area (Å²) in [6, 6.07) is 11.5. The number of benzene rings is 1. The number of carbonyl (C=O) groups is 1. The Hall–Kier alpha value is -3.04. The van der Waals surface area contributed by atoms with Crippen LogP contribution in [0.25, 0.3) is 16.9 Å². The van der Waals surface area contributed by atoms with Crippen molar-refractivity contribution in [2.24, 2.45) is 5.92 Å². The number of nitrogens with zero attached hydrogens (tertiary/aromatic N) is 6. The fourth-order valence-corrected chi connectivity index (χ4v) is 4.99. The molecule has 32 heavy (non-hydrogen) atoms. The number of hydrogen-bond donors (Lipinski definition) is 1. The van der Waals surface area contributed by atoms with E-state index in [0.29, 0.717) is 11.6 Å². The minimum Gasteiger partial charge on any atom is -0.355 e. The molecule has 0 spiro atoms. The minimum absolute atomic E-state index is 0.00156. The molecular formula is C22H22ClN7OS. The van der Waals surface area contributed by atoms with Gasteiger partial charge in [-0.2, -0.15) is 4.52 Å². The van der Waals surface area contributed by atoms with Crippen LogP contribution in [0.15, 0.2) is 42.7 Å². The maximum Gasteiger partial charge on any atom is 0.223 e. The molecule has 0 bridgehead atoms. The molecule has 3 aromatic heterocycles. The fourth-order valence-electron chi connectivity index (χ4n) is 3.97. The van der Waals surface area contributed by atoms with Crippen LogP contribution in [0.3, 0.4) is 0 Å². The summed E-state index contributed by atoms with van der Waals surface area (Å²) in [6.07, 6.45) is 3.18.